The molecule has 0 N–H and O–H groups in total. The van der Waals surface area contributed by atoms with Crippen LogP contribution in [0.15, 0.2) is 0 Å². The Morgan fingerprint density at radius 2 is 0.457 bits per heavy atom. The fourth-order valence-corrected chi connectivity index (χ4v) is 7.63. The maximum absolute atomic E-state index is 12.2. The van der Waals surface area contributed by atoms with Gasteiger partial charge in [0, 0.05) is 0 Å². The average molecular weight is 537 g/mol. The highest BCUT2D eigenvalue weighted by atomic mass is 32.2. The summed E-state index contributed by atoms with van der Waals surface area (Å²) in [7, 11) is -5.97. The first kappa shape index (κ1) is 34.9. The second-order valence-electron chi connectivity index (χ2n) is 10.7. The van der Waals surface area contributed by atoms with Crippen molar-refractivity contribution in [3.8, 4) is 0 Å². The molecule has 0 spiro atoms. The molecule has 212 valence electrons. The first-order chi connectivity index (χ1) is 16.8. The van der Waals surface area contributed by atoms with Crippen LogP contribution >= 0.6 is 0 Å². The highest BCUT2D eigenvalue weighted by Crippen LogP contribution is 2.13. The summed E-state index contributed by atoms with van der Waals surface area (Å²) in [6.07, 6.45) is 25.9. The summed E-state index contributed by atoms with van der Waals surface area (Å²) in [6.45, 7) is 4.47. The van der Waals surface area contributed by atoms with Crippen LogP contribution in [0.1, 0.15) is 162 Å². The lowest BCUT2D eigenvalue weighted by Gasteiger charge is -2.06. The third kappa shape index (κ3) is 26.8. The van der Waals surface area contributed by atoms with Crippen molar-refractivity contribution in [2.24, 2.45) is 0 Å². The van der Waals surface area contributed by atoms with E-state index in [0.717, 1.165) is 38.5 Å². The van der Waals surface area contributed by atoms with E-state index < -0.39 is 19.7 Å². The second kappa shape index (κ2) is 24.2. The molecular formula is C29H60O4S2. The molecule has 0 atom stereocenters. The molecule has 0 fully saturated rings. The van der Waals surface area contributed by atoms with Crippen LogP contribution in [0.3, 0.4) is 0 Å². The predicted molar refractivity (Wildman–Crippen MR) is 155 cm³/mol. The summed E-state index contributed by atoms with van der Waals surface area (Å²) in [5, 5.41) is 0. The molecule has 0 radical (unpaired) electrons. The lowest BCUT2D eigenvalue weighted by Crippen LogP contribution is -2.13. The summed E-state index contributed by atoms with van der Waals surface area (Å²) >= 11 is 0. The summed E-state index contributed by atoms with van der Waals surface area (Å²) in [4.78, 5) is 0. The van der Waals surface area contributed by atoms with Crippen LogP contribution in [0.2, 0.25) is 0 Å². The molecule has 0 aromatic rings. The van der Waals surface area contributed by atoms with E-state index >= 15 is 0 Å². The van der Waals surface area contributed by atoms with Crippen molar-refractivity contribution in [2.45, 2.75) is 162 Å². The number of unbranched alkanes of at least 4 members (excludes halogenated alkanes) is 20. The number of hydrogen-bond donors (Lipinski definition) is 0. The number of hydrogen-bond acceptors (Lipinski definition) is 4. The van der Waals surface area contributed by atoms with Gasteiger partial charge in [0.25, 0.3) is 0 Å². The smallest absolute Gasteiger partial charge is 0.150 e. The first-order valence-corrected chi connectivity index (χ1v) is 18.9. The van der Waals surface area contributed by atoms with Crippen LogP contribution in [-0.4, -0.2) is 39.8 Å². The molecule has 0 heterocycles. The third-order valence-electron chi connectivity index (χ3n) is 7.03. The standard InChI is InChI=1S/C29H60O4S2/c1-3-5-7-9-11-13-15-17-19-22-26-34(30,31)28-24-21-25-29-35(32,33)27-23-20-18-16-14-12-10-8-6-4-2/h3-29H2,1-2H3. The SMILES string of the molecule is CCCCCCCCCCCCS(=O)(=O)CCCCCS(=O)(=O)CCCCCCCCCCCC. The number of sulfone groups is 2. The zero-order valence-electron chi connectivity index (χ0n) is 23.5. The van der Waals surface area contributed by atoms with Crippen molar-refractivity contribution in [2.75, 3.05) is 23.0 Å². The third-order valence-corrected chi connectivity index (χ3v) is 10.7. The monoisotopic (exact) mass is 536 g/mol. The molecule has 0 aromatic heterocycles. The largest absolute Gasteiger partial charge is 0.229 e. The van der Waals surface area contributed by atoms with Crippen LogP contribution in [0.5, 0.6) is 0 Å². The molecule has 0 amide bonds. The maximum Gasteiger partial charge on any atom is 0.150 e. The van der Waals surface area contributed by atoms with Gasteiger partial charge in [-0.3, -0.25) is 0 Å². The van der Waals surface area contributed by atoms with Gasteiger partial charge >= 0.3 is 0 Å². The molecule has 0 unspecified atom stereocenters. The highest BCUT2D eigenvalue weighted by Gasteiger charge is 2.12. The lowest BCUT2D eigenvalue weighted by molar-refractivity contribution is 0.556. The molecule has 0 saturated heterocycles. The van der Waals surface area contributed by atoms with Gasteiger partial charge in [-0.2, -0.15) is 0 Å². The van der Waals surface area contributed by atoms with Gasteiger partial charge in [0.2, 0.25) is 0 Å². The van der Waals surface area contributed by atoms with Gasteiger partial charge in [-0.25, -0.2) is 16.8 Å². The minimum absolute atomic E-state index is 0.211. The Labute approximate surface area is 220 Å². The lowest BCUT2D eigenvalue weighted by atomic mass is 10.1. The van der Waals surface area contributed by atoms with E-state index in [1.165, 1.54) is 89.9 Å². The van der Waals surface area contributed by atoms with E-state index in [4.69, 9.17) is 0 Å². The molecular weight excluding hydrogens is 476 g/mol. The Hall–Kier alpha value is -0.100. The molecule has 0 rings (SSSR count). The van der Waals surface area contributed by atoms with Gasteiger partial charge in [-0.1, -0.05) is 136 Å². The van der Waals surface area contributed by atoms with Crippen molar-refractivity contribution < 1.29 is 16.8 Å². The maximum atomic E-state index is 12.2. The van der Waals surface area contributed by atoms with E-state index in [9.17, 15) is 16.8 Å². The molecule has 0 saturated carbocycles. The zero-order valence-corrected chi connectivity index (χ0v) is 25.2. The Balaban J connectivity index is 3.59. The molecule has 0 aliphatic rings. The highest BCUT2D eigenvalue weighted by molar-refractivity contribution is 7.91. The van der Waals surface area contributed by atoms with Crippen LogP contribution in [0, 0.1) is 0 Å². The molecule has 0 bridgehead atoms. The van der Waals surface area contributed by atoms with Crippen LogP contribution in [0.25, 0.3) is 0 Å². The van der Waals surface area contributed by atoms with Gasteiger partial charge < -0.3 is 0 Å². The zero-order chi connectivity index (χ0) is 26.1. The average Bonchev–Trinajstić information content (AvgIpc) is 2.81. The number of rotatable bonds is 28. The fourth-order valence-electron chi connectivity index (χ4n) is 4.64. The van der Waals surface area contributed by atoms with E-state index in [1.54, 1.807) is 0 Å². The van der Waals surface area contributed by atoms with Gasteiger partial charge in [0.15, 0.2) is 0 Å². The van der Waals surface area contributed by atoms with E-state index in [-0.39, 0.29) is 11.5 Å². The quantitative estimate of drug-likeness (QED) is 0.0937. The molecule has 0 aliphatic heterocycles. The van der Waals surface area contributed by atoms with Gasteiger partial charge in [-0.15, -0.1) is 0 Å². The van der Waals surface area contributed by atoms with Crippen molar-refractivity contribution in [3.05, 3.63) is 0 Å². The van der Waals surface area contributed by atoms with Gasteiger partial charge in [0.1, 0.15) is 19.7 Å². The Kier molecular flexibility index (Phi) is 24.2. The van der Waals surface area contributed by atoms with Crippen molar-refractivity contribution in [1.29, 1.82) is 0 Å². The Bertz CT molecular complexity index is 586. The van der Waals surface area contributed by atoms with Crippen LogP contribution < -0.4 is 0 Å². The van der Waals surface area contributed by atoms with Gasteiger partial charge in [-0.05, 0) is 25.7 Å². The Morgan fingerprint density at radius 3 is 0.686 bits per heavy atom. The summed E-state index contributed by atoms with van der Waals surface area (Å²) in [5.41, 5.74) is 0. The predicted octanol–water partition coefficient (Wildman–Crippen LogP) is 8.83. The minimum Gasteiger partial charge on any atom is -0.229 e. The van der Waals surface area contributed by atoms with E-state index in [2.05, 4.69) is 13.8 Å². The fraction of sp³-hybridized carbons (Fsp3) is 1.00. The van der Waals surface area contributed by atoms with E-state index in [0.29, 0.717) is 30.8 Å². The summed E-state index contributed by atoms with van der Waals surface area (Å²) in [5.74, 6) is 1.01. The molecule has 6 heteroatoms. The van der Waals surface area contributed by atoms with Crippen molar-refractivity contribution in [1.82, 2.24) is 0 Å². The minimum atomic E-state index is -2.99. The van der Waals surface area contributed by atoms with Crippen LogP contribution in [-0.2, 0) is 19.7 Å². The molecule has 4 nitrogen and oxygen atoms in total. The molecule has 0 aliphatic carbocycles. The first-order valence-electron chi connectivity index (χ1n) is 15.2. The summed E-state index contributed by atoms with van der Waals surface area (Å²) in [6, 6.07) is 0. The topological polar surface area (TPSA) is 68.3 Å². The van der Waals surface area contributed by atoms with Crippen LogP contribution in [0.4, 0.5) is 0 Å². The second-order valence-corrected chi connectivity index (χ2v) is 15.3. The molecule has 35 heavy (non-hydrogen) atoms. The van der Waals surface area contributed by atoms with E-state index in [1.807, 2.05) is 0 Å². The summed E-state index contributed by atoms with van der Waals surface area (Å²) < 4.78 is 48.9. The van der Waals surface area contributed by atoms with Gasteiger partial charge in [0.05, 0.1) is 23.0 Å². The Morgan fingerprint density at radius 1 is 0.286 bits per heavy atom. The normalized spacial score (nSPS) is 12.4. The van der Waals surface area contributed by atoms with Crippen molar-refractivity contribution >= 4 is 19.7 Å². The molecule has 0 aromatic carbocycles. The van der Waals surface area contributed by atoms with Crippen molar-refractivity contribution in [3.63, 3.8) is 0 Å².